The summed E-state index contributed by atoms with van der Waals surface area (Å²) in [6.07, 6.45) is 57.5. The number of amides is 5. The van der Waals surface area contributed by atoms with Crippen molar-refractivity contribution in [2.24, 2.45) is 0 Å². The molecule has 0 fully saturated rings. The van der Waals surface area contributed by atoms with Crippen molar-refractivity contribution in [3.8, 4) is 0 Å². The van der Waals surface area contributed by atoms with Gasteiger partial charge in [-0.3, -0.25) is 39.6 Å². The molecule has 0 aromatic heterocycles. The molecule has 0 unspecified atom stereocenters. The van der Waals surface area contributed by atoms with E-state index in [0.29, 0.717) is 55.3 Å². The number of nitrogens with zero attached hydrogens (tertiary/aromatic N) is 4. The van der Waals surface area contributed by atoms with Crippen LogP contribution in [-0.4, -0.2) is 167 Å². The zero-order valence-electron chi connectivity index (χ0n) is 56.9. The molecule has 0 bridgehead atoms. The summed E-state index contributed by atoms with van der Waals surface area (Å²) in [6, 6.07) is 0. The molecule has 5 amide bonds. The Morgan fingerprint density at radius 3 is 0.824 bits per heavy atom. The molecule has 85 heavy (non-hydrogen) atoms. The number of hydrogen-bond donors (Lipinski definition) is 5. The van der Waals surface area contributed by atoms with E-state index in [0.717, 1.165) is 50.4 Å². The lowest BCUT2D eigenvalue weighted by molar-refractivity contribution is -0.166. The van der Waals surface area contributed by atoms with Crippen molar-refractivity contribution < 1.29 is 39.6 Å². The second kappa shape index (κ2) is 58.4. The highest BCUT2D eigenvalue weighted by atomic mass is 31.2. The van der Waals surface area contributed by atoms with Gasteiger partial charge in [-0.1, -0.05) is 151 Å². The minimum absolute atomic E-state index is 0.000730. The molecule has 0 aliphatic rings. The smallest absolute Gasteiger partial charge is 0.246 e. The summed E-state index contributed by atoms with van der Waals surface area (Å²) in [6.45, 7) is 20.4. The van der Waals surface area contributed by atoms with Gasteiger partial charge in [-0.15, -0.1) is 0 Å². The maximum Gasteiger partial charge on any atom is 0.246 e. The molecule has 0 heterocycles. The van der Waals surface area contributed by atoms with E-state index in [9.17, 15) is 39.6 Å². The van der Waals surface area contributed by atoms with Gasteiger partial charge in [0.05, 0.1) is 49.3 Å². The minimum atomic E-state index is -0.767. The highest BCUT2D eigenvalue weighted by molar-refractivity contribution is 7.76. The second-order valence-electron chi connectivity index (χ2n) is 25.6. The molecule has 0 aliphatic heterocycles. The summed E-state index contributed by atoms with van der Waals surface area (Å²) in [5.74, 6) is -1.92. The quantitative estimate of drug-likeness (QED) is 0.0171. The van der Waals surface area contributed by atoms with Crippen LogP contribution in [0.5, 0.6) is 0 Å². The summed E-state index contributed by atoms with van der Waals surface area (Å²) in [5, 5.41) is 37.7. The number of carbonyl (C=O) groups is 5. The van der Waals surface area contributed by atoms with Gasteiger partial charge >= 0.3 is 0 Å². The molecule has 0 aromatic carbocycles. The van der Waals surface area contributed by atoms with E-state index in [-0.39, 0.29) is 57.1 Å². The Morgan fingerprint density at radius 2 is 0.529 bits per heavy atom. The van der Waals surface area contributed by atoms with Gasteiger partial charge in [0.1, 0.15) is 0 Å². The third-order valence-electron chi connectivity index (χ3n) is 17.8. The molecule has 0 saturated heterocycles. The Labute approximate surface area is 525 Å². The summed E-state index contributed by atoms with van der Waals surface area (Å²) in [4.78, 5) is 63.3. The number of nitrogens with one attached hydrogen (secondary N) is 2. The van der Waals surface area contributed by atoms with Gasteiger partial charge in [0.15, 0.2) is 0 Å². The van der Waals surface area contributed by atoms with Crippen molar-refractivity contribution in [2.45, 2.75) is 312 Å². The molecule has 0 atom stereocenters. The predicted molar refractivity (Wildman–Crippen MR) is 365 cm³/mol. The van der Waals surface area contributed by atoms with Crippen LogP contribution in [0, 0.1) is 0 Å². The zero-order valence-corrected chi connectivity index (χ0v) is 58.7. The number of hydrogen-bond acceptors (Lipinski definition) is 9. The molecular formula is C69H140N6O8P2+2. The number of hydroxylamine groups is 6. The summed E-state index contributed by atoms with van der Waals surface area (Å²) < 4.78 is 0. The van der Waals surface area contributed by atoms with E-state index >= 15 is 0 Å². The predicted octanol–water partition coefficient (Wildman–Crippen LogP) is 17.3. The number of rotatable bonds is 64. The van der Waals surface area contributed by atoms with Crippen LogP contribution in [0.3, 0.4) is 0 Å². The SMILES string of the molecule is CCCC[P+](CCCC)(CCCC)CCCCCCCCCCN(CCCCCCCCCC[P+](CCCC)(CCCC)CCCC)CCCCCN(O)C(=O)CCC(=O)NCCCCCN(O)C(=O)CCC(=O)NCCCCCN(O)C(C)=O. The fourth-order valence-corrected chi connectivity index (χ4v) is 22.4. The lowest BCUT2D eigenvalue weighted by Crippen LogP contribution is -2.31. The number of carbonyl (C=O) groups excluding carboxylic acids is 5. The van der Waals surface area contributed by atoms with Crippen LogP contribution in [0.4, 0.5) is 0 Å². The molecule has 0 saturated carbocycles. The minimum Gasteiger partial charge on any atom is -0.356 e. The van der Waals surface area contributed by atoms with Crippen molar-refractivity contribution in [1.82, 2.24) is 30.7 Å². The van der Waals surface area contributed by atoms with Gasteiger partial charge in [0.25, 0.3) is 0 Å². The van der Waals surface area contributed by atoms with Gasteiger partial charge in [0.2, 0.25) is 29.5 Å². The van der Waals surface area contributed by atoms with Gasteiger partial charge in [-0.05, 0) is 148 Å². The maximum atomic E-state index is 12.7. The fourth-order valence-electron chi connectivity index (χ4n) is 12.0. The summed E-state index contributed by atoms with van der Waals surface area (Å²) in [7, 11) is -1.53. The third-order valence-corrected chi connectivity index (χ3v) is 27.9. The molecular weight excluding hydrogens is 1100 g/mol. The Morgan fingerprint density at radius 1 is 0.294 bits per heavy atom. The number of unbranched alkanes of at least 4 members (excludes halogenated alkanes) is 26. The van der Waals surface area contributed by atoms with Crippen molar-refractivity contribution >= 4 is 44.1 Å². The fraction of sp³-hybridized carbons (Fsp3) is 0.928. The van der Waals surface area contributed by atoms with Crippen molar-refractivity contribution in [3.63, 3.8) is 0 Å². The van der Waals surface area contributed by atoms with Crippen molar-refractivity contribution in [3.05, 3.63) is 0 Å². The Kier molecular flexibility index (Phi) is 57.1. The standard InChI is InChI=1S/C69H138N6O8P2/c1-8-14-57-84(58-15-9-2,59-16-10-3)63-43-30-26-22-20-24-28-37-51-72(52-38-29-25-21-23-27-31-44-64-85(60-17-11-4,61-18-12-5)62-19-13-6)53-39-34-42-56-75(83)69(80)48-46-67(78)71-50-36-33-41-55-74(82)68(79)47-45-66(77)70-49-35-32-40-54-73(81)65(7)76/h81-83H,8-64H2,1-7H3/p+2. The normalized spacial score (nSPS) is 11.8. The average Bonchev–Trinajstić information content (AvgIpc) is 3.64. The third kappa shape index (κ3) is 48.6. The Bertz CT molecular complexity index is 1500. The zero-order chi connectivity index (χ0) is 62.9. The van der Waals surface area contributed by atoms with E-state index in [2.05, 4.69) is 57.1 Å². The Hall–Kier alpha value is -1.95. The van der Waals surface area contributed by atoms with E-state index < -0.39 is 32.2 Å². The summed E-state index contributed by atoms with van der Waals surface area (Å²) >= 11 is 0. The first kappa shape index (κ1) is 83.1. The van der Waals surface area contributed by atoms with Crippen LogP contribution in [0.2, 0.25) is 0 Å². The largest absolute Gasteiger partial charge is 0.356 e. The molecule has 502 valence electrons. The van der Waals surface area contributed by atoms with E-state index in [4.69, 9.17) is 0 Å². The van der Waals surface area contributed by atoms with Gasteiger partial charge in [-0.2, -0.15) is 0 Å². The lowest BCUT2D eigenvalue weighted by Gasteiger charge is -2.28. The first-order valence-electron chi connectivity index (χ1n) is 36.1. The highest BCUT2D eigenvalue weighted by Crippen LogP contribution is 2.62. The highest BCUT2D eigenvalue weighted by Gasteiger charge is 2.36. The lowest BCUT2D eigenvalue weighted by atomic mass is 10.1. The first-order valence-corrected chi connectivity index (χ1v) is 41.1. The van der Waals surface area contributed by atoms with E-state index in [1.54, 1.807) is 49.3 Å². The van der Waals surface area contributed by atoms with Crippen molar-refractivity contribution in [1.29, 1.82) is 0 Å². The van der Waals surface area contributed by atoms with E-state index in [1.165, 1.54) is 187 Å². The molecule has 0 radical (unpaired) electrons. The molecule has 0 aromatic rings. The average molecular weight is 1240 g/mol. The van der Waals surface area contributed by atoms with Crippen LogP contribution in [0.25, 0.3) is 0 Å². The molecule has 0 aliphatic carbocycles. The van der Waals surface area contributed by atoms with Gasteiger partial charge < -0.3 is 15.5 Å². The van der Waals surface area contributed by atoms with Crippen LogP contribution in [-0.2, 0) is 24.0 Å². The first-order chi connectivity index (χ1) is 41.2. The van der Waals surface area contributed by atoms with Crippen LogP contribution in [0.15, 0.2) is 0 Å². The van der Waals surface area contributed by atoms with Crippen LogP contribution < -0.4 is 10.6 Å². The molecule has 0 spiro atoms. The maximum absolute atomic E-state index is 12.7. The monoisotopic (exact) mass is 1240 g/mol. The topological polar surface area (TPSA) is 183 Å². The second-order valence-corrected chi connectivity index (χ2v) is 34.6. The molecule has 16 heteroatoms. The van der Waals surface area contributed by atoms with E-state index in [1.807, 2.05) is 0 Å². The van der Waals surface area contributed by atoms with Crippen LogP contribution in [0.1, 0.15) is 312 Å². The Balaban J connectivity index is 4.74. The van der Waals surface area contributed by atoms with Crippen molar-refractivity contribution in [2.75, 3.05) is 102 Å². The molecule has 0 rings (SSSR count). The van der Waals surface area contributed by atoms with Gasteiger partial charge in [0, 0.05) is 79.9 Å². The van der Waals surface area contributed by atoms with Gasteiger partial charge in [-0.25, -0.2) is 15.2 Å². The molecule has 5 N–H and O–H groups in total. The summed E-state index contributed by atoms with van der Waals surface area (Å²) in [5.41, 5.74) is 0. The van der Waals surface area contributed by atoms with Crippen LogP contribution >= 0.6 is 14.5 Å². The molecule has 14 nitrogen and oxygen atoms in total.